The van der Waals surface area contributed by atoms with Crippen LogP contribution in [0.4, 0.5) is 0 Å². The second-order valence-corrected chi connectivity index (χ2v) is 4.98. The molecule has 0 unspecified atom stereocenters. The molecule has 3 rings (SSSR count). The van der Waals surface area contributed by atoms with E-state index in [0.717, 1.165) is 16.8 Å². The molecule has 0 aliphatic heterocycles. The number of benzene rings is 1. The lowest BCUT2D eigenvalue weighted by Crippen LogP contribution is -2.12. The van der Waals surface area contributed by atoms with Gasteiger partial charge >= 0.3 is 0 Å². The molecule has 19 heavy (non-hydrogen) atoms. The fourth-order valence-electron chi connectivity index (χ4n) is 2.07. The Morgan fingerprint density at radius 3 is 2.74 bits per heavy atom. The van der Waals surface area contributed by atoms with E-state index < -0.39 is 5.91 Å². The molecule has 0 aliphatic rings. The van der Waals surface area contributed by atoms with Gasteiger partial charge in [0.25, 0.3) is 0 Å². The molecule has 2 N–H and O–H groups in total. The predicted molar refractivity (Wildman–Crippen MR) is 77.6 cm³/mol. The van der Waals surface area contributed by atoms with E-state index >= 15 is 0 Å². The van der Waals surface area contributed by atoms with Crippen LogP contribution in [0.1, 0.15) is 10.4 Å². The molecular weight excluding hydrogens is 256 g/mol. The Hall–Kier alpha value is -2.33. The normalized spacial score (nSPS) is 10.5. The SMILES string of the molecule is NC(=O)c1ccccc1-c1ccn(-c2ccsc2)c1. The quantitative estimate of drug-likeness (QED) is 0.778. The van der Waals surface area contributed by atoms with Crippen LogP contribution in [0.5, 0.6) is 0 Å². The highest BCUT2D eigenvalue weighted by Crippen LogP contribution is 2.25. The Balaban J connectivity index is 2.06. The van der Waals surface area contributed by atoms with E-state index in [0.29, 0.717) is 5.56 Å². The summed E-state index contributed by atoms with van der Waals surface area (Å²) in [6, 6.07) is 11.4. The number of amides is 1. The smallest absolute Gasteiger partial charge is 0.249 e. The Kier molecular flexibility index (Phi) is 2.93. The van der Waals surface area contributed by atoms with Crippen molar-refractivity contribution < 1.29 is 4.79 Å². The van der Waals surface area contributed by atoms with Crippen molar-refractivity contribution in [1.29, 1.82) is 0 Å². The molecule has 2 aromatic heterocycles. The Morgan fingerprint density at radius 2 is 2.00 bits per heavy atom. The second kappa shape index (κ2) is 4.74. The van der Waals surface area contributed by atoms with Gasteiger partial charge in [0.2, 0.25) is 5.91 Å². The molecule has 3 aromatic rings. The van der Waals surface area contributed by atoms with Crippen LogP contribution < -0.4 is 5.73 Å². The van der Waals surface area contributed by atoms with Gasteiger partial charge in [-0.15, -0.1) is 0 Å². The zero-order valence-corrected chi connectivity index (χ0v) is 10.9. The molecule has 1 amide bonds. The number of carbonyl (C=O) groups is 1. The second-order valence-electron chi connectivity index (χ2n) is 4.20. The number of rotatable bonds is 3. The van der Waals surface area contributed by atoms with Crippen molar-refractivity contribution in [3.63, 3.8) is 0 Å². The topological polar surface area (TPSA) is 48.0 Å². The molecule has 0 atom stereocenters. The minimum atomic E-state index is -0.404. The maximum Gasteiger partial charge on any atom is 0.249 e. The fraction of sp³-hybridized carbons (Fsp3) is 0. The summed E-state index contributed by atoms with van der Waals surface area (Å²) < 4.78 is 2.03. The van der Waals surface area contributed by atoms with E-state index in [9.17, 15) is 4.79 Å². The third-order valence-corrected chi connectivity index (χ3v) is 3.67. The van der Waals surface area contributed by atoms with Gasteiger partial charge in [-0.2, -0.15) is 11.3 Å². The van der Waals surface area contributed by atoms with Crippen molar-refractivity contribution in [1.82, 2.24) is 4.57 Å². The van der Waals surface area contributed by atoms with Crippen molar-refractivity contribution in [2.45, 2.75) is 0 Å². The van der Waals surface area contributed by atoms with Gasteiger partial charge in [0.05, 0.1) is 5.69 Å². The first-order valence-electron chi connectivity index (χ1n) is 5.85. The summed E-state index contributed by atoms with van der Waals surface area (Å²) in [4.78, 5) is 11.4. The average Bonchev–Trinajstić information content (AvgIpc) is 3.09. The summed E-state index contributed by atoms with van der Waals surface area (Å²) >= 11 is 1.65. The van der Waals surface area contributed by atoms with Crippen molar-refractivity contribution in [2.75, 3.05) is 0 Å². The highest BCUT2D eigenvalue weighted by molar-refractivity contribution is 7.08. The van der Waals surface area contributed by atoms with Crippen LogP contribution in [-0.2, 0) is 0 Å². The lowest BCUT2D eigenvalue weighted by molar-refractivity contribution is 0.100. The first kappa shape index (κ1) is 11.7. The monoisotopic (exact) mass is 268 g/mol. The minimum Gasteiger partial charge on any atom is -0.366 e. The van der Waals surface area contributed by atoms with Gasteiger partial charge in [0.15, 0.2) is 0 Å². The summed E-state index contributed by atoms with van der Waals surface area (Å²) in [7, 11) is 0. The third kappa shape index (κ3) is 2.18. The van der Waals surface area contributed by atoms with Gasteiger partial charge in [-0.3, -0.25) is 4.79 Å². The molecule has 94 valence electrons. The van der Waals surface area contributed by atoms with Crippen molar-refractivity contribution in [3.05, 3.63) is 65.1 Å². The van der Waals surface area contributed by atoms with Gasteiger partial charge < -0.3 is 10.3 Å². The molecule has 0 saturated carbocycles. The van der Waals surface area contributed by atoms with Gasteiger partial charge in [-0.05, 0) is 29.1 Å². The lowest BCUT2D eigenvalue weighted by Gasteiger charge is -2.04. The zero-order valence-electron chi connectivity index (χ0n) is 10.1. The standard InChI is InChI=1S/C15H12N2OS/c16-15(18)14-4-2-1-3-13(14)11-5-7-17(9-11)12-6-8-19-10-12/h1-10H,(H2,16,18). The molecule has 0 saturated heterocycles. The van der Waals surface area contributed by atoms with Gasteiger partial charge in [-0.25, -0.2) is 0 Å². The minimum absolute atomic E-state index is 0.404. The summed E-state index contributed by atoms with van der Waals surface area (Å²) in [5.74, 6) is -0.404. The molecule has 4 heteroatoms. The summed E-state index contributed by atoms with van der Waals surface area (Å²) in [5, 5.41) is 4.11. The summed E-state index contributed by atoms with van der Waals surface area (Å²) in [5.41, 5.74) is 8.93. The number of nitrogens with zero attached hydrogens (tertiary/aromatic N) is 1. The maximum absolute atomic E-state index is 11.4. The maximum atomic E-state index is 11.4. The molecule has 2 heterocycles. The highest BCUT2D eigenvalue weighted by Gasteiger charge is 2.10. The number of carbonyl (C=O) groups excluding carboxylic acids is 1. The Labute approximate surface area is 114 Å². The van der Waals surface area contributed by atoms with E-state index in [1.807, 2.05) is 46.6 Å². The van der Waals surface area contributed by atoms with E-state index in [1.54, 1.807) is 17.4 Å². The summed E-state index contributed by atoms with van der Waals surface area (Å²) in [6.07, 6.45) is 3.99. The number of hydrogen-bond acceptors (Lipinski definition) is 2. The molecule has 0 fully saturated rings. The number of primary amides is 1. The number of thiophene rings is 1. The molecule has 0 bridgehead atoms. The number of aromatic nitrogens is 1. The lowest BCUT2D eigenvalue weighted by atomic mass is 10.0. The van der Waals surface area contributed by atoms with Crippen LogP contribution >= 0.6 is 11.3 Å². The van der Waals surface area contributed by atoms with Gasteiger partial charge in [0.1, 0.15) is 0 Å². The fourth-order valence-corrected chi connectivity index (χ4v) is 2.71. The molecule has 3 nitrogen and oxygen atoms in total. The molecule has 1 aromatic carbocycles. The largest absolute Gasteiger partial charge is 0.366 e. The van der Waals surface area contributed by atoms with Gasteiger partial charge in [-0.1, -0.05) is 18.2 Å². The van der Waals surface area contributed by atoms with Crippen molar-refractivity contribution in [2.24, 2.45) is 5.73 Å². The van der Waals surface area contributed by atoms with E-state index in [4.69, 9.17) is 5.73 Å². The molecular formula is C15H12N2OS. The third-order valence-electron chi connectivity index (χ3n) is 3.00. The highest BCUT2D eigenvalue weighted by atomic mass is 32.1. The number of hydrogen-bond donors (Lipinski definition) is 1. The van der Waals surface area contributed by atoms with E-state index in [2.05, 4.69) is 11.4 Å². The number of nitrogens with two attached hydrogens (primary N) is 1. The average molecular weight is 268 g/mol. The van der Waals surface area contributed by atoms with Crippen LogP contribution in [0.15, 0.2) is 59.6 Å². The van der Waals surface area contributed by atoms with Crippen molar-refractivity contribution in [3.8, 4) is 16.8 Å². The molecule has 0 radical (unpaired) electrons. The summed E-state index contributed by atoms with van der Waals surface area (Å²) in [6.45, 7) is 0. The molecule has 0 aliphatic carbocycles. The van der Waals surface area contributed by atoms with Crippen LogP contribution in [-0.4, -0.2) is 10.5 Å². The Morgan fingerprint density at radius 1 is 1.16 bits per heavy atom. The van der Waals surface area contributed by atoms with Crippen molar-refractivity contribution >= 4 is 17.2 Å². The van der Waals surface area contributed by atoms with Crippen LogP contribution in [0.25, 0.3) is 16.8 Å². The van der Waals surface area contributed by atoms with Gasteiger partial charge in [0, 0.05) is 28.9 Å². The molecule has 0 spiro atoms. The predicted octanol–water partition coefficient (Wildman–Crippen LogP) is 3.30. The first-order chi connectivity index (χ1) is 9.25. The zero-order chi connectivity index (χ0) is 13.2. The first-order valence-corrected chi connectivity index (χ1v) is 6.80. The van der Waals surface area contributed by atoms with E-state index in [1.165, 1.54) is 0 Å². The Bertz CT molecular complexity index is 713. The van der Waals surface area contributed by atoms with Crippen LogP contribution in [0.2, 0.25) is 0 Å². The van der Waals surface area contributed by atoms with E-state index in [-0.39, 0.29) is 0 Å². The van der Waals surface area contributed by atoms with Crippen LogP contribution in [0, 0.1) is 0 Å². The van der Waals surface area contributed by atoms with Crippen LogP contribution in [0.3, 0.4) is 0 Å².